The largest absolute Gasteiger partial charge is 0.494 e. The smallest absolute Gasteiger partial charge is 0.145 e. The lowest BCUT2D eigenvalue weighted by atomic mass is 10.2. The van der Waals surface area contributed by atoms with E-state index in [9.17, 15) is 0 Å². The van der Waals surface area contributed by atoms with Crippen molar-refractivity contribution in [3.63, 3.8) is 0 Å². The van der Waals surface area contributed by atoms with Crippen LogP contribution in [0.15, 0.2) is 42.5 Å². The highest BCUT2D eigenvalue weighted by atomic mass is 32.1. The Morgan fingerprint density at radius 1 is 1.06 bits per heavy atom. The zero-order valence-corrected chi connectivity index (χ0v) is 11.1. The number of methoxy groups -OCH3 is 1. The molecular weight excluding hydrogens is 242 g/mol. The molecule has 3 aromatic rings. The molecular formula is C15H13NOS. The van der Waals surface area contributed by atoms with Crippen molar-refractivity contribution < 1.29 is 4.74 Å². The van der Waals surface area contributed by atoms with E-state index in [1.54, 1.807) is 18.4 Å². The van der Waals surface area contributed by atoms with E-state index in [0.29, 0.717) is 0 Å². The van der Waals surface area contributed by atoms with Crippen molar-refractivity contribution in [2.45, 2.75) is 6.92 Å². The van der Waals surface area contributed by atoms with Gasteiger partial charge in [-0.1, -0.05) is 35.9 Å². The molecule has 0 saturated carbocycles. The predicted octanol–water partition coefficient (Wildman–Crippen LogP) is 4.28. The molecule has 0 aliphatic heterocycles. The molecule has 0 aliphatic carbocycles. The number of rotatable bonds is 2. The molecule has 2 aromatic carbocycles. The average Bonchev–Trinajstić information content (AvgIpc) is 2.83. The van der Waals surface area contributed by atoms with E-state index < -0.39 is 0 Å². The minimum absolute atomic E-state index is 0.835. The standard InChI is InChI=1S/C15H13NOS/c1-10-6-8-11(9-7-10)15-16-14-12(17-2)4-3-5-13(14)18-15/h3-9H,1-2H3. The summed E-state index contributed by atoms with van der Waals surface area (Å²) in [6.45, 7) is 2.09. The molecule has 0 aliphatic rings. The number of aryl methyl sites for hydroxylation is 1. The lowest BCUT2D eigenvalue weighted by molar-refractivity contribution is 0.419. The van der Waals surface area contributed by atoms with Crippen molar-refractivity contribution >= 4 is 21.6 Å². The second kappa shape index (κ2) is 4.42. The Morgan fingerprint density at radius 3 is 2.56 bits per heavy atom. The monoisotopic (exact) mass is 255 g/mol. The van der Waals surface area contributed by atoms with Gasteiger partial charge in [-0.3, -0.25) is 0 Å². The minimum atomic E-state index is 0.835. The van der Waals surface area contributed by atoms with Gasteiger partial charge < -0.3 is 4.74 Å². The van der Waals surface area contributed by atoms with Crippen molar-refractivity contribution in [2.75, 3.05) is 7.11 Å². The van der Waals surface area contributed by atoms with Crippen LogP contribution in [0.25, 0.3) is 20.8 Å². The number of para-hydroxylation sites is 1. The van der Waals surface area contributed by atoms with E-state index in [0.717, 1.165) is 26.5 Å². The number of hydrogen-bond donors (Lipinski definition) is 0. The molecule has 18 heavy (non-hydrogen) atoms. The molecule has 0 unspecified atom stereocenters. The van der Waals surface area contributed by atoms with Crippen LogP contribution >= 0.6 is 11.3 Å². The first-order valence-corrected chi connectivity index (χ1v) is 6.60. The van der Waals surface area contributed by atoms with Crippen molar-refractivity contribution in [3.8, 4) is 16.3 Å². The summed E-state index contributed by atoms with van der Waals surface area (Å²) in [4.78, 5) is 4.68. The zero-order chi connectivity index (χ0) is 12.5. The van der Waals surface area contributed by atoms with Gasteiger partial charge in [0, 0.05) is 5.56 Å². The molecule has 0 amide bonds. The fourth-order valence-corrected chi connectivity index (χ4v) is 2.90. The van der Waals surface area contributed by atoms with Crippen molar-refractivity contribution in [3.05, 3.63) is 48.0 Å². The summed E-state index contributed by atoms with van der Waals surface area (Å²) in [5, 5.41) is 1.04. The Kier molecular flexibility index (Phi) is 2.76. The molecule has 0 N–H and O–H groups in total. The summed E-state index contributed by atoms with van der Waals surface area (Å²) >= 11 is 1.69. The maximum Gasteiger partial charge on any atom is 0.145 e. The van der Waals surface area contributed by atoms with E-state index in [1.165, 1.54) is 5.56 Å². The van der Waals surface area contributed by atoms with Gasteiger partial charge in [0.05, 0.1) is 11.8 Å². The number of fused-ring (bicyclic) bond motifs is 1. The van der Waals surface area contributed by atoms with E-state index >= 15 is 0 Å². The maximum atomic E-state index is 5.34. The van der Waals surface area contributed by atoms with Gasteiger partial charge in [-0.15, -0.1) is 11.3 Å². The molecule has 3 rings (SSSR count). The molecule has 0 radical (unpaired) electrons. The van der Waals surface area contributed by atoms with Crippen molar-refractivity contribution in [2.24, 2.45) is 0 Å². The minimum Gasteiger partial charge on any atom is -0.494 e. The molecule has 0 saturated heterocycles. The number of ether oxygens (including phenoxy) is 1. The Hall–Kier alpha value is -1.87. The first kappa shape index (κ1) is 11.2. The van der Waals surface area contributed by atoms with Crippen LogP contribution in [-0.4, -0.2) is 12.1 Å². The van der Waals surface area contributed by atoms with E-state index in [4.69, 9.17) is 4.74 Å². The van der Waals surface area contributed by atoms with Crippen LogP contribution in [0.4, 0.5) is 0 Å². The molecule has 90 valence electrons. The van der Waals surface area contributed by atoms with Crippen LogP contribution in [0.3, 0.4) is 0 Å². The normalized spacial score (nSPS) is 10.8. The van der Waals surface area contributed by atoms with Crippen molar-refractivity contribution in [1.29, 1.82) is 0 Å². The highest BCUT2D eigenvalue weighted by molar-refractivity contribution is 7.21. The zero-order valence-electron chi connectivity index (χ0n) is 10.3. The first-order chi connectivity index (χ1) is 8.78. The number of hydrogen-bond acceptors (Lipinski definition) is 3. The van der Waals surface area contributed by atoms with Gasteiger partial charge >= 0.3 is 0 Å². The topological polar surface area (TPSA) is 22.1 Å². The predicted molar refractivity (Wildman–Crippen MR) is 76.3 cm³/mol. The Bertz CT molecular complexity index is 685. The van der Waals surface area contributed by atoms with E-state index in [1.807, 2.05) is 12.1 Å². The molecule has 0 fully saturated rings. The fourth-order valence-electron chi connectivity index (χ4n) is 1.91. The fraction of sp³-hybridized carbons (Fsp3) is 0.133. The molecule has 0 atom stereocenters. The van der Waals surface area contributed by atoms with Crippen LogP contribution in [0.5, 0.6) is 5.75 Å². The van der Waals surface area contributed by atoms with Crippen LogP contribution in [-0.2, 0) is 0 Å². The van der Waals surface area contributed by atoms with Gasteiger partial charge in [0.25, 0.3) is 0 Å². The van der Waals surface area contributed by atoms with E-state index in [-0.39, 0.29) is 0 Å². The third-order valence-corrected chi connectivity index (χ3v) is 3.97. The second-order valence-electron chi connectivity index (χ2n) is 4.19. The van der Waals surface area contributed by atoms with Gasteiger partial charge in [0.15, 0.2) is 0 Å². The van der Waals surface area contributed by atoms with Crippen LogP contribution in [0, 0.1) is 6.92 Å². The summed E-state index contributed by atoms with van der Waals surface area (Å²) in [5.74, 6) is 0.835. The Balaban J connectivity index is 2.16. The summed E-state index contributed by atoms with van der Waals surface area (Å²) in [6, 6.07) is 14.5. The Labute approximate surface area is 110 Å². The SMILES string of the molecule is COc1cccc2sc(-c3ccc(C)cc3)nc12. The van der Waals surface area contributed by atoms with Crippen LogP contribution in [0.1, 0.15) is 5.56 Å². The quantitative estimate of drug-likeness (QED) is 0.682. The van der Waals surface area contributed by atoms with Gasteiger partial charge in [-0.2, -0.15) is 0 Å². The van der Waals surface area contributed by atoms with Gasteiger partial charge in [-0.05, 0) is 19.1 Å². The number of aromatic nitrogens is 1. The van der Waals surface area contributed by atoms with Crippen LogP contribution < -0.4 is 4.74 Å². The molecule has 0 spiro atoms. The second-order valence-corrected chi connectivity index (χ2v) is 5.22. The van der Waals surface area contributed by atoms with E-state index in [2.05, 4.69) is 42.2 Å². The van der Waals surface area contributed by atoms with Gasteiger partial charge in [0.1, 0.15) is 16.3 Å². The molecule has 3 heteroatoms. The summed E-state index contributed by atoms with van der Waals surface area (Å²) in [7, 11) is 1.68. The molecule has 1 heterocycles. The van der Waals surface area contributed by atoms with Gasteiger partial charge in [-0.25, -0.2) is 4.98 Å². The summed E-state index contributed by atoms with van der Waals surface area (Å²) in [5.41, 5.74) is 3.36. The Morgan fingerprint density at radius 2 is 1.83 bits per heavy atom. The lowest BCUT2D eigenvalue weighted by Gasteiger charge is -1.98. The number of nitrogens with zero attached hydrogens (tertiary/aromatic N) is 1. The van der Waals surface area contributed by atoms with Gasteiger partial charge in [0.2, 0.25) is 0 Å². The third kappa shape index (κ3) is 1.87. The maximum absolute atomic E-state index is 5.34. The number of thiazole rings is 1. The molecule has 2 nitrogen and oxygen atoms in total. The highest BCUT2D eigenvalue weighted by Gasteiger charge is 2.09. The summed E-state index contributed by atoms with van der Waals surface area (Å²) < 4.78 is 6.50. The molecule has 0 bridgehead atoms. The first-order valence-electron chi connectivity index (χ1n) is 5.78. The molecule has 1 aromatic heterocycles. The average molecular weight is 255 g/mol. The summed E-state index contributed by atoms with van der Waals surface area (Å²) in [6.07, 6.45) is 0. The third-order valence-electron chi connectivity index (χ3n) is 2.90. The van der Waals surface area contributed by atoms with Crippen molar-refractivity contribution in [1.82, 2.24) is 4.98 Å². The number of benzene rings is 2. The van der Waals surface area contributed by atoms with Crippen LogP contribution in [0.2, 0.25) is 0 Å². The lowest BCUT2D eigenvalue weighted by Crippen LogP contribution is -1.83. The highest BCUT2D eigenvalue weighted by Crippen LogP contribution is 2.34.